The number of alkyl halides is 2. The van der Waals surface area contributed by atoms with Crippen molar-refractivity contribution in [3.63, 3.8) is 0 Å². The highest BCUT2D eigenvalue weighted by Gasteiger charge is 2.04. The first-order chi connectivity index (χ1) is 7.09. The molecule has 0 unspecified atom stereocenters. The normalized spacial score (nSPS) is 10.7. The van der Waals surface area contributed by atoms with Gasteiger partial charge in [-0.2, -0.15) is 0 Å². The van der Waals surface area contributed by atoms with Crippen molar-refractivity contribution < 1.29 is 13.6 Å². The maximum absolute atomic E-state index is 11.9. The minimum atomic E-state index is -2.26. The summed E-state index contributed by atoms with van der Waals surface area (Å²) in [6.45, 7) is 1.49. The SMILES string of the molecule is CC(=O)c1cccc(SCCC(F)F)c1. The summed E-state index contributed by atoms with van der Waals surface area (Å²) in [5, 5.41) is 0. The Balaban J connectivity index is 2.54. The van der Waals surface area contributed by atoms with E-state index in [-0.39, 0.29) is 12.2 Å². The van der Waals surface area contributed by atoms with Gasteiger partial charge in [0.15, 0.2) is 5.78 Å². The molecule has 0 aromatic heterocycles. The Morgan fingerprint density at radius 1 is 1.47 bits per heavy atom. The minimum Gasteiger partial charge on any atom is -0.295 e. The fraction of sp³-hybridized carbons (Fsp3) is 0.364. The van der Waals surface area contributed by atoms with E-state index in [9.17, 15) is 13.6 Å². The van der Waals surface area contributed by atoms with E-state index >= 15 is 0 Å². The number of hydrogen-bond donors (Lipinski definition) is 0. The maximum atomic E-state index is 11.9. The first-order valence-corrected chi connectivity index (χ1v) is 5.60. The Bertz CT molecular complexity index is 339. The quantitative estimate of drug-likeness (QED) is 0.567. The molecular weight excluding hydrogens is 218 g/mol. The van der Waals surface area contributed by atoms with Gasteiger partial charge in [0.25, 0.3) is 0 Å². The highest BCUT2D eigenvalue weighted by molar-refractivity contribution is 7.99. The van der Waals surface area contributed by atoms with E-state index in [1.807, 2.05) is 6.07 Å². The summed E-state index contributed by atoms with van der Waals surface area (Å²) in [6, 6.07) is 7.04. The van der Waals surface area contributed by atoms with Crippen molar-refractivity contribution in [2.75, 3.05) is 5.75 Å². The number of carbonyl (C=O) groups excluding carboxylic acids is 1. The van der Waals surface area contributed by atoms with Crippen molar-refractivity contribution >= 4 is 17.5 Å². The second kappa shape index (κ2) is 5.85. The van der Waals surface area contributed by atoms with E-state index < -0.39 is 6.43 Å². The second-order valence-electron chi connectivity index (χ2n) is 3.11. The van der Waals surface area contributed by atoms with Crippen molar-refractivity contribution in [3.05, 3.63) is 29.8 Å². The Morgan fingerprint density at radius 2 is 2.20 bits per heavy atom. The van der Waals surface area contributed by atoms with Crippen LogP contribution in [0.5, 0.6) is 0 Å². The van der Waals surface area contributed by atoms with Crippen LogP contribution in [0.25, 0.3) is 0 Å². The second-order valence-corrected chi connectivity index (χ2v) is 4.28. The molecule has 1 aromatic carbocycles. The Labute approximate surface area is 91.9 Å². The van der Waals surface area contributed by atoms with Crippen molar-refractivity contribution in [1.29, 1.82) is 0 Å². The van der Waals surface area contributed by atoms with E-state index in [1.54, 1.807) is 18.2 Å². The summed E-state index contributed by atoms with van der Waals surface area (Å²) in [7, 11) is 0. The summed E-state index contributed by atoms with van der Waals surface area (Å²) < 4.78 is 23.8. The highest BCUT2D eigenvalue weighted by Crippen LogP contribution is 2.21. The molecule has 0 N–H and O–H groups in total. The largest absolute Gasteiger partial charge is 0.295 e. The number of thioether (sulfide) groups is 1. The molecule has 82 valence electrons. The van der Waals surface area contributed by atoms with Crippen molar-refractivity contribution in [2.24, 2.45) is 0 Å². The smallest absolute Gasteiger partial charge is 0.239 e. The molecule has 1 nitrogen and oxygen atoms in total. The molecule has 0 aliphatic rings. The molecule has 0 aliphatic heterocycles. The lowest BCUT2D eigenvalue weighted by molar-refractivity contribution is 0.101. The average Bonchev–Trinajstić information content (AvgIpc) is 2.17. The number of rotatable bonds is 5. The molecule has 4 heteroatoms. The predicted molar refractivity (Wildman–Crippen MR) is 57.8 cm³/mol. The number of Topliss-reactive ketones (excluding diaryl/α,β-unsaturated/α-hetero) is 1. The Morgan fingerprint density at radius 3 is 2.80 bits per heavy atom. The zero-order valence-corrected chi connectivity index (χ0v) is 9.19. The molecule has 1 rings (SSSR count). The van der Waals surface area contributed by atoms with Gasteiger partial charge in [-0.15, -0.1) is 11.8 Å². The van der Waals surface area contributed by atoms with E-state index in [0.29, 0.717) is 11.3 Å². The minimum absolute atomic E-state index is 0.00805. The molecule has 0 heterocycles. The summed E-state index contributed by atoms with van der Waals surface area (Å²) in [5.74, 6) is 0.366. The molecule has 0 saturated heterocycles. The molecule has 0 amide bonds. The number of halogens is 2. The molecule has 0 atom stereocenters. The average molecular weight is 230 g/mol. The third-order valence-corrected chi connectivity index (χ3v) is 2.87. The molecule has 0 radical (unpaired) electrons. The topological polar surface area (TPSA) is 17.1 Å². The van der Waals surface area contributed by atoms with Crippen LogP contribution in [0, 0.1) is 0 Å². The fourth-order valence-electron chi connectivity index (χ4n) is 1.07. The number of ketones is 1. The highest BCUT2D eigenvalue weighted by atomic mass is 32.2. The summed E-state index contributed by atoms with van der Waals surface area (Å²) >= 11 is 1.35. The van der Waals surface area contributed by atoms with Crippen molar-refractivity contribution in [1.82, 2.24) is 0 Å². The van der Waals surface area contributed by atoms with Gasteiger partial charge in [-0.25, -0.2) is 8.78 Å². The zero-order valence-electron chi connectivity index (χ0n) is 8.37. The van der Waals surface area contributed by atoms with Crippen molar-refractivity contribution in [3.8, 4) is 0 Å². The summed E-state index contributed by atoms with van der Waals surface area (Å²) in [4.78, 5) is 11.9. The van der Waals surface area contributed by atoms with Crippen LogP contribution in [0.4, 0.5) is 8.78 Å². The van der Waals surface area contributed by atoms with E-state index in [2.05, 4.69) is 0 Å². The van der Waals surface area contributed by atoms with Gasteiger partial charge >= 0.3 is 0 Å². The summed E-state index contributed by atoms with van der Waals surface area (Å²) in [6.07, 6.45) is -2.37. The van der Waals surface area contributed by atoms with Gasteiger partial charge in [-0.3, -0.25) is 4.79 Å². The molecule has 0 bridgehead atoms. The Kier molecular flexibility index (Phi) is 4.75. The monoisotopic (exact) mass is 230 g/mol. The predicted octanol–water partition coefficient (Wildman–Crippen LogP) is 3.64. The Hall–Kier alpha value is -0.900. The van der Waals surface area contributed by atoms with Gasteiger partial charge in [0.05, 0.1) is 0 Å². The molecule has 0 aliphatic carbocycles. The van der Waals surface area contributed by atoms with Crippen LogP contribution in [0.1, 0.15) is 23.7 Å². The summed E-state index contributed by atoms with van der Waals surface area (Å²) in [5.41, 5.74) is 0.622. The molecule has 0 fully saturated rings. The standard InChI is InChI=1S/C11H12F2OS/c1-8(14)9-3-2-4-10(7-9)15-6-5-11(12)13/h2-4,7,11H,5-6H2,1H3. The van der Waals surface area contributed by atoms with Crippen LogP contribution in [0.2, 0.25) is 0 Å². The van der Waals surface area contributed by atoms with Crippen LogP contribution in [0.3, 0.4) is 0 Å². The molecular formula is C11H12F2OS. The van der Waals surface area contributed by atoms with Crippen LogP contribution in [-0.2, 0) is 0 Å². The maximum Gasteiger partial charge on any atom is 0.239 e. The van der Waals surface area contributed by atoms with Gasteiger partial charge < -0.3 is 0 Å². The van der Waals surface area contributed by atoms with Gasteiger partial charge in [-0.1, -0.05) is 12.1 Å². The van der Waals surface area contributed by atoms with Gasteiger partial charge in [0.2, 0.25) is 6.43 Å². The van der Waals surface area contributed by atoms with Crippen LogP contribution >= 0.6 is 11.8 Å². The van der Waals surface area contributed by atoms with E-state index in [4.69, 9.17) is 0 Å². The lowest BCUT2D eigenvalue weighted by Gasteiger charge is -2.02. The third-order valence-electron chi connectivity index (χ3n) is 1.85. The van der Waals surface area contributed by atoms with Crippen molar-refractivity contribution in [2.45, 2.75) is 24.7 Å². The third kappa shape index (κ3) is 4.42. The molecule has 15 heavy (non-hydrogen) atoms. The lowest BCUT2D eigenvalue weighted by atomic mass is 10.2. The number of benzene rings is 1. The van der Waals surface area contributed by atoms with Crippen LogP contribution in [-0.4, -0.2) is 18.0 Å². The molecule has 0 spiro atoms. The van der Waals surface area contributed by atoms with Crippen LogP contribution in [0.15, 0.2) is 29.2 Å². The van der Waals surface area contributed by atoms with E-state index in [1.165, 1.54) is 18.7 Å². The first-order valence-electron chi connectivity index (χ1n) is 4.61. The lowest BCUT2D eigenvalue weighted by Crippen LogP contribution is -1.93. The number of carbonyl (C=O) groups is 1. The van der Waals surface area contributed by atoms with Crippen LogP contribution < -0.4 is 0 Å². The number of hydrogen-bond acceptors (Lipinski definition) is 2. The van der Waals surface area contributed by atoms with E-state index in [0.717, 1.165) is 4.90 Å². The van der Waals surface area contributed by atoms with Gasteiger partial charge in [0.1, 0.15) is 0 Å². The molecule has 0 saturated carbocycles. The fourth-order valence-corrected chi connectivity index (χ4v) is 1.99. The molecule has 1 aromatic rings. The first kappa shape index (κ1) is 12.2. The van der Waals surface area contributed by atoms with Gasteiger partial charge in [-0.05, 0) is 19.1 Å². The zero-order chi connectivity index (χ0) is 11.3. The van der Waals surface area contributed by atoms with Gasteiger partial charge in [0, 0.05) is 22.6 Å².